The summed E-state index contributed by atoms with van der Waals surface area (Å²) in [5.41, 5.74) is 2.83. The van der Waals surface area contributed by atoms with Crippen LogP contribution >= 0.6 is 0 Å². The van der Waals surface area contributed by atoms with Crippen LogP contribution < -0.4 is 10.6 Å². The van der Waals surface area contributed by atoms with Crippen molar-refractivity contribution < 1.29 is 19.1 Å². The molecule has 0 fully saturated rings. The maximum atomic E-state index is 14.3. The van der Waals surface area contributed by atoms with Crippen LogP contribution in [0.5, 0.6) is 0 Å². The SMILES string of the molecule is C=CCN(C(=O)C(Cc1ccccc1)NC(=O)OC(C)(C)C)C(C(=O)NC(C)CCC)c1ccc(C)cc1C. The molecular weight excluding hydrogens is 490 g/mol. The van der Waals surface area contributed by atoms with Crippen LogP contribution in [0.2, 0.25) is 0 Å². The number of hydrogen-bond donors (Lipinski definition) is 2. The number of hydrogen-bond acceptors (Lipinski definition) is 4. The number of carbonyl (C=O) groups is 3. The van der Waals surface area contributed by atoms with Crippen LogP contribution in [-0.2, 0) is 20.7 Å². The number of nitrogens with one attached hydrogen (secondary N) is 2. The number of nitrogens with zero attached hydrogens (tertiary/aromatic N) is 1. The van der Waals surface area contributed by atoms with Gasteiger partial charge in [0.1, 0.15) is 17.7 Å². The second-order valence-electron chi connectivity index (χ2n) is 11.1. The summed E-state index contributed by atoms with van der Waals surface area (Å²) >= 11 is 0. The maximum absolute atomic E-state index is 14.3. The monoisotopic (exact) mass is 535 g/mol. The molecule has 0 saturated carbocycles. The fraction of sp³-hybridized carbons (Fsp3) is 0.469. The molecule has 7 nitrogen and oxygen atoms in total. The molecule has 0 radical (unpaired) electrons. The molecule has 39 heavy (non-hydrogen) atoms. The van der Waals surface area contributed by atoms with E-state index in [1.807, 2.05) is 69.3 Å². The highest BCUT2D eigenvalue weighted by Gasteiger charge is 2.36. The molecule has 7 heteroatoms. The van der Waals surface area contributed by atoms with Gasteiger partial charge in [-0.15, -0.1) is 6.58 Å². The van der Waals surface area contributed by atoms with Gasteiger partial charge in [-0.2, -0.15) is 0 Å². The van der Waals surface area contributed by atoms with E-state index in [1.165, 1.54) is 4.90 Å². The largest absolute Gasteiger partial charge is 0.444 e. The summed E-state index contributed by atoms with van der Waals surface area (Å²) in [6.45, 7) is 17.2. The van der Waals surface area contributed by atoms with Crippen molar-refractivity contribution >= 4 is 17.9 Å². The molecular formula is C32H45N3O4. The fourth-order valence-corrected chi connectivity index (χ4v) is 4.57. The van der Waals surface area contributed by atoms with E-state index in [-0.39, 0.29) is 24.9 Å². The zero-order chi connectivity index (χ0) is 29.2. The van der Waals surface area contributed by atoms with Crippen LogP contribution in [0.1, 0.15) is 75.8 Å². The third-order valence-corrected chi connectivity index (χ3v) is 6.27. The summed E-state index contributed by atoms with van der Waals surface area (Å²) in [6.07, 6.45) is 2.88. The lowest BCUT2D eigenvalue weighted by molar-refractivity contribution is -0.142. The van der Waals surface area contributed by atoms with Gasteiger partial charge in [0.2, 0.25) is 11.8 Å². The van der Waals surface area contributed by atoms with Crippen molar-refractivity contribution in [2.75, 3.05) is 6.54 Å². The number of benzene rings is 2. The van der Waals surface area contributed by atoms with Gasteiger partial charge in [0.05, 0.1) is 0 Å². The molecule has 3 unspecified atom stereocenters. The number of carbonyl (C=O) groups excluding carboxylic acids is 3. The van der Waals surface area contributed by atoms with E-state index < -0.39 is 29.7 Å². The topological polar surface area (TPSA) is 87.7 Å². The van der Waals surface area contributed by atoms with Gasteiger partial charge >= 0.3 is 6.09 Å². The maximum Gasteiger partial charge on any atom is 0.408 e. The summed E-state index contributed by atoms with van der Waals surface area (Å²) in [4.78, 5) is 42.4. The predicted molar refractivity (Wildman–Crippen MR) is 156 cm³/mol. The van der Waals surface area contributed by atoms with Gasteiger partial charge in [-0.3, -0.25) is 9.59 Å². The predicted octanol–water partition coefficient (Wildman–Crippen LogP) is 5.80. The van der Waals surface area contributed by atoms with E-state index in [0.29, 0.717) is 0 Å². The van der Waals surface area contributed by atoms with Crippen molar-refractivity contribution in [3.8, 4) is 0 Å². The standard InChI is InChI=1S/C32H45N3O4/c1-9-14-24(5)33-29(36)28(26-18-17-22(3)20-23(26)4)35(19-10-2)30(37)27(21-25-15-12-11-13-16-25)34-31(38)39-32(6,7)8/h10-13,15-18,20,24,27-28H,2,9,14,19,21H2,1,3-8H3,(H,33,36)(H,34,38). The summed E-state index contributed by atoms with van der Waals surface area (Å²) in [5, 5.41) is 5.87. The van der Waals surface area contributed by atoms with Crippen LogP contribution in [0.3, 0.4) is 0 Å². The molecule has 2 rings (SSSR count). The number of ether oxygens (including phenoxy) is 1. The lowest BCUT2D eigenvalue weighted by atomic mass is 9.95. The van der Waals surface area contributed by atoms with E-state index in [2.05, 4.69) is 24.1 Å². The Bertz CT molecular complexity index is 1120. The Kier molecular flexibility index (Phi) is 11.8. The Morgan fingerprint density at radius 1 is 1.05 bits per heavy atom. The van der Waals surface area contributed by atoms with Crippen LogP contribution in [0.15, 0.2) is 61.2 Å². The van der Waals surface area contributed by atoms with Gasteiger partial charge in [-0.25, -0.2) is 4.79 Å². The normalized spacial score (nSPS) is 13.5. The Balaban J connectivity index is 2.56. The number of aryl methyl sites for hydroxylation is 2. The second-order valence-corrected chi connectivity index (χ2v) is 11.1. The molecule has 0 aliphatic carbocycles. The van der Waals surface area contributed by atoms with Crippen molar-refractivity contribution in [3.63, 3.8) is 0 Å². The minimum absolute atomic E-state index is 0.0589. The highest BCUT2D eigenvalue weighted by atomic mass is 16.6. The molecule has 3 atom stereocenters. The summed E-state index contributed by atoms with van der Waals surface area (Å²) in [7, 11) is 0. The van der Waals surface area contributed by atoms with Gasteiger partial charge in [-0.05, 0) is 64.7 Å². The molecule has 2 N–H and O–H groups in total. The fourth-order valence-electron chi connectivity index (χ4n) is 4.57. The third-order valence-electron chi connectivity index (χ3n) is 6.27. The Labute approximate surface area is 234 Å². The molecule has 0 bridgehead atoms. The van der Waals surface area contributed by atoms with E-state index in [4.69, 9.17) is 4.74 Å². The molecule has 2 aromatic carbocycles. The van der Waals surface area contributed by atoms with Crippen molar-refractivity contribution in [2.24, 2.45) is 0 Å². The minimum atomic E-state index is -0.962. The molecule has 0 aliphatic rings. The lowest BCUT2D eigenvalue weighted by Gasteiger charge is -2.35. The first-order valence-electron chi connectivity index (χ1n) is 13.7. The molecule has 3 amide bonds. The average molecular weight is 536 g/mol. The molecule has 0 aliphatic heterocycles. The van der Waals surface area contributed by atoms with Gasteiger partial charge < -0.3 is 20.3 Å². The lowest BCUT2D eigenvalue weighted by Crippen LogP contribution is -2.54. The van der Waals surface area contributed by atoms with Gasteiger partial charge in [0.15, 0.2) is 0 Å². The second kappa shape index (κ2) is 14.5. The summed E-state index contributed by atoms with van der Waals surface area (Å²) < 4.78 is 5.48. The van der Waals surface area contributed by atoms with Crippen LogP contribution in [-0.4, -0.2) is 47.0 Å². The van der Waals surface area contributed by atoms with Crippen LogP contribution in [0, 0.1) is 13.8 Å². The molecule has 0 aromatic heterocycles. The highest BCUT2D eigenvalue weighted by molar-refractivity contribution is 5.92. The molecule has 0 spiro atoms. The summed E-state index contributed by atoms with van der Waals surface area (Å²) in [6, 6.07) is 13.4. The van der Waals surface area contributed by atoms with Gasteiger partial charge in [0.25, 0.3) is 0 Å². The van der Waals surface area contributed by atoms with E-state index in [9.17, 15) is 14.4 Å². The highest BCUT2D eigenvalue weighted by Crippen LogP contribution is 2.27. The van der Waals surface area contributed by atoms with Crippen LogP contribution in [0.25, 0.3) is 0 Å². The van der Waals surface area contributed by atoms with Crippen LogP contribution in [0.4, 0.5) is 4.79 Å². The minimum Gasteiger partial charge on any atom is -0.444 e. The first-order chi connectivity index (χ1) is 18.4. The van der Waals surface area contributed by atoms with E-state index >= 15 is 0 Å². The zero-order valence-corrected chi connectivity index (χ0v) is 24.5. The molecule has 212 valence electrons. The quantitative estimate of drug-likeness (QED) is 0.336. The van der Waals surface area contributed by atoms with Crippen molar-refractivity contribution in [3.05, 3.63) is 83.4 Å². The third kappa shape index (κ3) is 9.89. The van der Waals surface area contributed by atoms with Crippen molar-refractivity contribution in [1.82, 2.24) is 15.5 Å². The number of alkyl carbamates (subject to hydrolysis) is 1. The number of amides is 3. The Morgan fingerprint density at radius 2 is 1.72 bits per heavy atom. The van der Waals surface area contributed by atoms with Crippen molar-refractivity contribution in [1.29, 1.82) is 0 Å². The first-order valence-corrected chi connectivity index (χ1v) is 13.7. The van der Waals surface area contributed by atoms with E-state index in [0.717, 1.165) is 35.1 Å². The van der Waals surface area contributed by atoms with Gasteiger partial charge in [-0.1, -0.05) is 73.5 Å². The van der Waals surface area contributed by atoms with Gasteiger partial charge in [0, 0.05) is 19.0 Å². The Hall–Kier alpha value is -3.61. The zero-order valence-electron chi connectivity index (χ0n) is 24.5. The Morgan fingerprint density at radius 3 is 2.28 bits per heavy atom. The first kappa shape index (κ1) is 31.6. The molecule has 0 heterocycles. The smallest absolute Gasteiger partial charge is 0.408 e. The molecule has 2 aromatic rings. The van der Waals surface area contributed by atoms with Crippen molar-refractivity contribution in [2.45, 2.75) is 91.5 Å². The number of rotatable bonds is 12. The molecule has 0 saturated heterocycles. The summed E-state index contributed by atoms with van der Waals surface area (Å²) in [5.74, 6) is -0.665. The van der Waals surface area contributed by atoms with E-state index in [1.54, 1.807) is 26.8 Å². The average Bonchev–Trinajstić information content (AvgIpc) is 2.83.